The Bertz CT molecular complexity index is 436. The van der Waals surface area contributed by atoms with Gasteiger partial charge in [0.1, 0.15) is 17.2 Å². The van der Waals surface area contributed by atoms with Crippen LogP contribution in [0.1, 0.15) is 19.7 Å². The van der Waals surface area contributed by atoms with Crippen molar-refractivity contribution in [1.82, 2.24) is 9.97 Å². The van der Waals surface area contributed by atoms with Gasteiger partial charge in [-0.2, -0.15) is 0 Å². The van der Waals surface area contributed by atoms with Gasteiger partial charge in [-0.3, -0.25) is 4.79 Å². The Morgan fingerprint density at radius 2 is 2.20 bits per heavy atom. The van der Waals surface area contributed by atoms with Crippen LogP contribution < -0.4 is 10.9 Å². The number of aryl methyl sites for hydroxylation is 1. The summed E-state index contributed by atoms with van der Waals surface area (Å²) in [6, 6.07) is 1.22. The molecule has 0 unspecified atom stereocenters. The Morgan fingerprint density at radius 1 is 1.60 bits per heavy atom. The molecule has 0 amide bonds. The smallest absolute Gasteiger partial charge is 0.328 e. The Morgan fingerprint density at radius 3 is 2.67 bits per heavy atom. The van der Waals surface area contributed by atoms with Crippen LogP contribution in [0.2, 0.25) is 0 Å². The standard InChI is InChI=1S/C9H13N3O3/c1-5-10-6(4-7(13)11-5)12-9(2,3)8(14)15/h4H,1-3H3,(H,14,15)(H2,10,11,12,13). The van der Waals surface area contributed by atoms with E-state index in [0.29, 0.717) is 5.82 Å². The first kappa shape index (κ1) is 11.2. The van der Waals surface area contributed by atoms with Crippen molar-refractivity contribution in [3.63, 3.8) is 0 Å². The monoisotopic (exact) mass is 211 g/mol. The van der Waals surface area contributed by atoms with Crippen molar-refractivity contribution in [2.75, 3.05) is 5.32 Å². The molecule has 1 aromatic rings. The quantitative estimate of drug-likeness (QED) is 0.670. The predicted octanol–water partition coefficient (Wildman–Crippen LogP) is 0.353. The Kier molecular flexibility index (Phi) is 2.78. The van der Waals surface area contributed by atoms with Crippen LogP contribution in [0.5, 0.6) is 0 Å². The molecule has 0 bridgehead atoms. The zero-order chi connectivity index (χ0) is 11.6. The predicted molar refractivity (Wildman–Crippen MR) is 54.9 cm³/mol. The van der Waals surface area contributed by atoms with Crippen molar-refractivity contribution in [3.05, 3.63) is 22.2 Å². The number of carbonyl (C=O) groups is 1. The zero-order valence-electron chi connectivity index (χ0n) is 8.79. The third kappa shape index (κ3) is 2.80. The molecule has 0 aliphatic rings. The van der Waals surface area contributed by atoms with Gasteiger partial charge >= 0.3 is 5.97 Å². The highest BCUT2D eigenvalue weighted by atomic mass is 16.4. The second kappa shape index (κ2) is 3.72. The maximum absolute atomic E-state index is 11.1. The number of nitrogens with one attached hydrogen (secondary N) is 2. The normalized spacial score (nSPS) is 11.1. The Labute approximate surface area is 86.4 Å². The third-order valence-corrected chi connectivity index (χ3v) is 1.84. The summed E-state index contributed by atoms with van der Waals surface area (Å²) >= 11 is 0. The molecule has 0 atom stereocenters. The summed E-state index contributed by atoms with van der Waals surface area (Å²) in [7, 11) is 0. The van der Waals surface area contributed by atoms with Gasteiger partial charge in [0.2, 0.25) is 0 Å². The van der Waals surface area contributed by atoms with E-state index in [2.05, 4.69) is 15.3 Å². The molecular formula is C9H13N3O3. The van der Waals surface area contributed by atoms with Crippen LogP contribution in [0, 0.1) is 6.92 Å². The number of hydrogen-bond acceptors (Lipinski definition) is 4. The van der Waals surface area contributed by atoms with Gasteiger partial charge in [-0.25, -0.2) is 9.78 Å². The number of aromatic amines is 1. The van der Waals surface area contributed by atoms with Gasteiger partial charge in [0.05, 0.1) is 0 Å². The van der Waals surface area contributed by atoms with Gasteiger partial charge in [0.25, 0.3) is 5.56 Å². The highest BCUT2D eigenvalue weighted by Gasteiger charge is 2.27. The number of anilines is 1. The number of aromatic nitrogens is 2. The fourth-order valence-electron chi connectivity index (χ4n) is 1.02. The lowest BCUT2D eigenvalue weighted by atomic mass is 10.1. The number of hydrogen-bond donors (Lipinski definition) is 3. The molecule has 0 fully saturated rings. The highest BCUT2D eigenvalue weighted by Crippen LogP contribution is 2.10. The lowest BCUT2D eigenvalue weighted by Crippen LogP contribution is -2.40. The maximum Gasteiger partial charge on any atom is 0.328 e. The van der Waals surface area contributed by atoms with E-state index in [0.717, 1.165) is 0 Å². The molecule has 15 heavy (non-hydrogen) atoms. The molecule has 1 rings (SSSR count). The summed E-state index contributed by atoms with van der Waals surface area (Å²) in [5.41, 5.74) is -1.47. The first-order chi connectivity index (χ1) is 6.81. The van der Waals surface area contributed by atoms with Gasteiger partial charge in [-0.05, 0) is 20.8 Å². The van der Waals surface area contributed by atoms with Crippen LogP contribution in [0.3, 0.4) is 0 Å². The van der Waals surface area contributed by atoms with Crippen LogP contribution in [-0.4, -0.2) is 26.6 Å². The van der Waals surface area contributed by atoms with Gasteiger partial charge in [0, 0.05) is 6.07 Å². The largest absolute Gasteiger partial charge is 0.480 e. The van der Waals surface area contributed by atoms with Gasteiger partial charge in [0.15, 0.2) is 0 Å². The summed E-state index contributed by atoms with van der Waals surface area (Å²) in [5.74, 6) is -0.322. The molecule has 0 aromatic carbocycles. The minimum atomic E-state index is -1.16. The van der Waals surface area contributed by atoms with Crippen molar-refractivity contribution in [3.8, 4) is 0 Å². The van der Waals surface area contributed by atoms with Crippen LogP contribution >= 0.6 is 0 Å². The Balaban J connectivity index is 2.99. The second-order valence-electron chi connectivity index (χ2n) is 3.77. The molecule has 82 valence electrons. The van der Waals surface area contributed by atoms with Gasteiger partial charge in [-0.1, -0.05) is 0 Å². The fourth-order valence-corrected chi connectivity index (χ4v) is 1.02. The van der Waals surface area contributed by atoms with E-state index in [-0.39, 0.29) is 11.4 Å². The minimum Gasteiger partial charge on any atom is -0.480 e. The van der Waals surface area contributed by atoms with E-state index < -0.39 is 11.5 Å². The molecule has 0 radical (unpaired) electrons. The van der Waals surface area contributed by atoms with Crippen LogP contribution in [0.25, 0.3) is 0 Å². The minimum absolute atomic E-state index is 0.253. The molecule has 0 saturated heterocycles. The zero-order valence-corrected chi connectivity index (χ0v) is 8.79. The number of rotatable bonds is 3. The molecule has 0 saturated carbocycles. The average Bonchev–Trinajstić information content (AvgIpc) is 1.99. The molecule has 1 heterocycles. The summed E-state index contributed by atoms with van der Waals surface area (Å²) in [5, 5.41) is 11.5. The topological polar surface area (TPSA) is 95.1 Å². The molecule has 1 aromatic heterocycles. The Hall–Kier alpha value is -1.85. The SMILES string of the molecule is Cc1nc(NC(C)(C)C(=O)O)cc(=O)[nH]1. The van der Waals surface area contributed by atoms with Crippen molar-refractivity contribution in [2.45, 2.75) is 26.3 Å². The number of nitrogens with zero attached hydrogens (tertiary/aromatic N) is 1. The van der Waals surface area contributed by atoms with E-state index in [1.54, 1.807) is 6.92 Å². The van der Waals surface area contributed by atoms with Crippen LogP contribution in [0.15, 0.2) is 10.9 Å². The molecule has 3 N–H and O–H groups in total. The van der Waals surface area contributed by atoms with Crippen LogP contribution in [-0.2, 0) is 4.79 Å². The van der Waals surface area contributed by atoms with Gasteiger partial charge < -0.3 is 15.4 Å². The van der Waals surface area contributed by atoms with E-state index in [4.69, 9.17) is 5.11 Å². The average molecular weight is 211 g/mol. The molecule has 6 nitrogen and oxygen atoms in total. The molecular weight excluding hydrogens is 198 g/mol. The number of carboxylic acids is 1. The lowest BCUT2D eigenvalue weighted by Gasteiger charge is -2.21. The van der Waals surface area contributed by atoms with Crippen molar-refractivity contribution in [2.24, 2.45) is 0 Å². The summed E-state index contributed by atoms with van der Waals surface area (Å²) in [6.45, 7) is 4.61. The summed E-state index contributed by atoms with van der Waals surface area (Å²) in [6.07, 6.45) is 0. The van der Waals surface area contributed by atoms with Crippen molar-refractivity contribution in [1.29, 1.82) is 0 Å². The van der Waals surface area contributed by atoms with E-state index >= 15 is 0 Å². The van der Waals surface area contributed by atoms with E-state index in [1.807, 2.05) is 0 Å². The third-order valence-electron chi connectivity index (χ3n) is 1.84. The van der Waals surface area contributed by atoms with E-state index in [9.17, 15) is 9.59 Å². The lowest BCUT2D eigenvalue weighted by molar-refractivity contribution is -0.141. The number of aliphatic carboxylic acids is 1. The molecule has 0 spiro atoms. The first-order valence-corrected chi connectivity index (χ1v) is 4.41. The summed E-state index contributed by atoms with van der Waals surface area (Å²) < 4.78 is 0. The summed E-state index contributed by atoms with van der Waals surface area (Å²) in [4.78, 5) is 28.3. The number of H-pyrrole nitrogens is 1. The fraction of sp³-hybridized carbons (Fsp3) is 0.444. The second-order valence-corrected chi connectivity index (χ2v) is 3.77. The molecule has 0 aliphatic heterocycles. The first-order valence-electron chi connectivity index (χ1n) is 4.41. The van der Waals surface area contributed by atoms with E-state index in [1.165, 1.54) is 19.9 Å². The number of carboxylic acid groups (broad SMARTS) is 1. The molecule has 0 aliphatic carbocycles. The van der Waals surface area contributed by atoms with Gasteiger partial charge in [-0.15, -0.1) is 0 Å². The maximum atomic E-state index is 11.1. The van der Waals surface area contributed by atoms with Crippen molar-refractivity contribution < 1.29 is 9.90 Å². The van der Waals surface area contributed by atoms with Crippen LogP contribution in [0.4, 0.5) is 5.82 Å². The van der Waals surface area contributed by atoms with Crippen molar-refractivity contribution >= 4 is 11.8 Å². The highest BCUT2D eigenvalue weighted by molar-refractivity contribution is 5.81. The molecule has 6 heteroatoms.